The Morgan fingerprint density at radius 2 is 1.79 bits per heavy atom. The van der Waals surface area contributed by atoms with Crippen LogP contribution in [0, 0.1) is 18.7 Å². The average Bonchev–Trinajstić information content (AvgIpc) is 3.04. The van der Waals surface area contributed by atoms with E-state index in [1.807, 2.05) is 19.9 Å². The van der Waals surface area contributed by atoms with E-state index in [0.29, 0.717) is 5.02 Å². The molecule has 1 spiro atoms. The van der Waals surface area contributed by atoms with Gasteiger partial charge in [0.15, 0.2) is 0 Å². The van der Waals surface area contributed by atoms with Crippen LogP contribution in [-0.4, -0.2) is 70.2 Å². The molecule has 202 valence electrons. The van der Waals surface area contributed by atoms with Crippen molar-refractivity contribution >= 4 is 35.4 Å². The number of carbonyl (C=O) groups is 4. The van der Waals surface area contributed by atoms with Gasteiger partial charge in [0, 0.05) is 31.7 Å². The zero-order chi connectivity index (χ0) is 27.8. The number of carbonyl (C=O) groups excluding carboxylic acids is 4. The molecule has 0 aromatic heterocycles. The number of nitrogens with one attached hydrogen (secondary N) is 1. The Morgan fingerprint density at radius 1 is 1.11 bits per heavy atom. The Kier molecular flexibility index (Phi) is 7.78. The highest BCUT2D eigenvalue weighted by atomic mass is 35.5. The Hall–Kier alpha value is -3.46. The summed E-state index contributed by atoms with van der Waals surface area (Å²) in [4.78, 5) is 57.0. The van der Waals surface area contributed by atoms with Gasteiger partial charge in [-0.3, -0.25) is 19.3 Å². The topological polar surface area (TPSA) is 90.0 Å². The van der Waals surface area contributed by atoms with Crippen molar-refractivity contribution in [2.75, 3.05) is 20.1 Å². The summed E-state index contributed by atoms with van der Waals surface area (Å²) in [7, 11) is 1.47. The molecule has 2 fully saturated rings. The fourth-order valence-electron chi connectivity index (χ4n) is 5.24. The lowest BCUT2D eigenvalue weighted by atomic mass is 9.85. The van der Waals surface area contributed by atoms with Gasteiger partial charge in [0.05, 0.1) is 5.56 Å². The van der Waals surface area contributed by atoms with E-state index >= 15 is 0 Å². The molecule has 0 bridgehead atoms. The summed E-state index contributed by atoms with van der Waals surface area (Å²) in [6.07, 6.45) is 0.527. The highest BCUT2D eigenvalue weighted by molar-refractivity contribution is 6.30. The van der Waals surface area contributed by atoms with Crippen molar-refractivity contribution < 1.29 is 23.6 Å². The number of hydrogen-bond donors (Lipinski definition) is 1. The Labute approximate surface area is 226 Å². The number of aryl methyl sites for hydroxylation is 1. The first kappa shape index (κ1) is 27.6. The van der Waals surface area contributed by atoms with E-state index in [1.54, 1.807) is 41.0 Å². The highest BCUT2D eigenvalue weighted by Crippen LogP contribution is 2.38. The highest BCUT2D eigenvalue weighted by Gasteiger charge is 2.57. The third-order valence-electron chi connectivity index (χ3n) is 7.46. The summed E-state index contributed by atoms with van der Waals surface area (Å²) >= 11 is 6.13. The van der Waals surface area contributed by atoms with E-state index < -0.39 is 23.3 Å². The number of rotatable bonds is 6. The molecule has 2 aromatic carbocycles. The van der Waals surface area contributed by atoms with Crippen molar-refractivity contribution in [2.45, 2.75) is 51.7 Å². The average molecular weight is 543 g/mol. The minimum absolute atomic E-state index is 0.115. The monoisotopic (exact) mass is 542 g/mol. The first-order valence-electron chi connectivity index (χ1n) is 12.6. The zero-order valence-electron chi connectivity index (χ0n) is 22.0. The number of imide groups is 1. The van der Waals surface area contributed by atoms with Gasteiger partial charge in [0.25, 0.3) is 11.8 Å². The summed E-state index contributed by atoms with van der Waals surface area (Å²) in [6.45, 7) is 6.05. The number of amides is 5. The van der Waals surface area contributed by atoms with Crippen LogP contribution in [0.5, 0.6) is 0 Å². The van der Waals surface area contributed by atoms with Gasteiger partial charge in [-0.2, -0.15) is 0 Å². The number of nitrogens with zero attached hydrogens (tertiary/aromatic N) is 3. The van der Waals surface area contributed by atoms with Crippen LogP contribution in [0.25, 0.3) is 0 Å². The third-order valence-corrected chi connectivity index (χ3v) is 7.69. The normalized spacial score (nSPS) is 17.9. The number of piperidine rings is 1. The number of halogens is 2. The lowest BCUT2D eigenvalue weighted by Gasteiger charge is -2.43. The molecule has 0 unspecified atom stereocenters. The predicted octanol–water partition coefficient (Wildman–Crippen LogP) is 4.00. The van der Waals surface area contributed by atoms with Crippen molar-refractivity contribution in [3.05, 3.63) is 70.0 Å². The maximum absolute atomic E-state index is 14.3. The summed E-state index contributed by atoms with van der Waals surface area (Å²) < 4.78 is 14.3. The van der Waals surface area contributed by atoms with E-state index in [9.17, 15) is 23.6 Å². The summed E-state index contributed by atoms with van der Waals surface area (Å²) in [5, 5.41) is 3.24. The van der Waals surface area contributed by atoms with Gasteiger partial charge in [-0.15, -0.1) is 0 Å². The van der Waals surface area contributed by atoms with Crippen LogP contribution in [0.4, 0.5) is 9.18 Å². The molecule has 2 heterocycles. The smallest absolute Gasteiger partial charge is 0.327 e. The maximum Gasteiger partial charge on any atom is 0.327 e. The van der Waals surface area contributed by atoms with Crippen molar-refractivity contribution in [3.63, 3.8) is 0 Å². The molecule has 10 heteroatoms. The molecular weight excluding hydrogens is 511 g/mol. The second-order valence-electron chi connectivity index (χ2n) is 10.4. The van der Waals surface area contributed by atoms with Crippen molar-refractivity contribution in [3.8, 4) is 0 Å². The van der Waals surface area contributed by atoms with Gasteiger partial charge in [0.2, 0.25) is 5.91 Å². The van der Waals surface area contributed by atoms with Gasteiger partial charge < -0.3 is 15.1 Å². The molecule has 2 aliphatic heterocycles. The van der Waals surface area contributed by atoms with Gasteiger partial charge >= 0.3 is 6.03 Å². The van der Waals surface area contributed by atoms with Gasteiger partial charge in [0.1, 0.15) is 17.4 Å². The standard InChI is InChI=1S/C28H32ClFN4O4/c1-17(2)23(31-24(35)21-14-18(3)8-9-22(21)30)25(36)33-12-10-28(11-13-33)26(37)32(4)27(38)34(28)16-19-6-5-7-20(29)15-19/h5-9,14-15,17,23H,10-13,16H2,1-4H3,(H,31,35)/t23-/m1/s1. The molecule has 1 atom stereocenters. The minimum Gasteiger partial charge on any atom is -0.341 e. The molecule has 0 saturated carbocycles. The van der Waals surface area contributed by atoms with Crippen LogP contribution in [-0.2, 0) is 16.1 Å². The lowest BCUT2D eigenvalue weighted by Crippen LogP contribution is -2.60. The summed E-state index contributed by atoms with van der Waals surface area (Å²) in [6, 6.07) is 10.1. The molecule has 8 nitrogen and oxygen atoms in total. The largest absolute Gasteiger partial charge is 0.341 e. The van der Waals surface area contributed by atoms with E-state index in [-0.39, 0.29) is 61.8 Å². The van der Waals surface area contributed by atoms with Crippen molar-refractivity contribution in [2.24, 2.45) is 5.92 Å². The van der Waals surface area contributed by atoms with Crippen LogP contribution in [0.2, 0.25) is 5.02 Å². The van der Waals surface area contributed by atoms with E-state index in [0.717, 1.165) is 16.0 Å². The van der Waals surface area contributed by atoms with Crippen molar-refractivity contribution in [1.29, 1.82) is 0 Å². The molecule has 2 saturated heterocycles. The molecule has 38 heavy (non-hydrogen) atoms. The Morgan fingerprint density at radius 3 is 2.42 bits per heavy atom. The van der Waals surface area contributed by atoms with Gasteiger partial charge in [-0.25, -0.2) is 9.18 Å². The molecule has 2 aromatic rings. The number of likely N-dealkylation sites (tertiary alicyclic amines) is 1. The van der Waals surface area contributed by atoms with Crippen LogP contribution in [0.15, 0.2) is 42.5 Å². The zero-order valence-corrected chi connectivity index (χ0v) is 22.7. The van der Waals surface area contributed by atoms with E-state index in [1.165, 1.54) is 19.2 Å². The first-order chi connectivity index (χ1) is 17.9. The first-order valence-corrected chi connectivity index (χ1v) is 13.0. The predicted molar refractivity (Wildman–Crippen MR) is 141 cm³/mol. The number of urea groups is 1. The number of hydrogen-bond acceptors (Lipinski definition) is 4. The van der Waals surface area contributed by atoms with Crippen LogP contribution >= 0.6 is 11.6 Å². The Balaban J connectivity index is 1.50. The SMILES string of the molecule is Cc1ccc(F)c(C(=O)N[C@@H](C(=O)N2CCC3(CC2)C(=O)N(C)C(=O)N3Cc2cccc(Cl)c2)C(C)C)c1. The molecule has 1 N–H and O–H groups in total. The number of likely N-dealkylation sites (N-methyl/N-ethyl adjacent to an activating group) is 1. The fraction of sp³-hybridized carbons (Fsp3) is 0.429. The molecule has 0 radical (unpaired) electrons. The van der Waals surface area contributed by atoms with Crippen molar-refractivity contribution in [1.82, 2.24) is 20.0 Å². The van der Waals surface area contributed by atoms with E-state index in [4.69, 9.17) is 11.6 Å². The summed E-state index contributed by atoms with van der Waals surface area (Å²) in [5.41, 5.74) is 0.355. The fourth-order valence-corrected chi connectivity index (χ4v) is 5.45. The van der Waals surface area contributed by atoms with Gasteiger partial charge in [-0.05, 0) is 55.5 Å². The minimum atomic E-state index is -1.06. The maximum atomic E-state index is 14.3. The Bertz CT molecular complexity index is 1280. The van der Waals surface area contributed by atoms with Crippen LogP contribution in [0.1, 0.15) is 48.2 Å². The molecule has 4 rings (SSSR count). The van der Waals surface area contributed by atoms with E-state index in [2.05, 4.69) is 5.32 Å². The van der Waals surface area contributed by atoms with Crippen LogP contribution in [0.3, 0.4) is 0 Å². The third kappa shape index (κ3) is 5.12. The molecule has 0 aliphatic carbocycles. The molecule has 5 amide bonds. The van der Waals surface area contributed by atoms with Gasteiger partial charge in [-0.1, -0.05) is 49.2 Å². The summed E-state index contributed by atoms with van der Waals surface area (Å²) in [5.74, 6) is -2.16. The lowest BCUT2D eigenvalue weighted by molar-refractivity contribution is -0.142. The van der Waals surface area contributed by atoms with Crippen LogP contribution < -0.4 is 5.32 Å². The molecular formula is C28H32ClFN4O4. The second kappa shape index (κ2) is 10.7. The second-order valence-corrected chi connectivity index (χ2v) is 10.8. The number of benzene rings is 2. The quantitative estimate of drug-likeness (QED) is 0.559. The molecule has 2 aliphatic rings.